The zero-order valence-electron chi connectivity index (χ0n) is 11.4. The maximum Gasteiger partial charge on any atom is 0.255 e. The normalized spacial score (nSPS) is 29.6. The van der Waals surface area contributed by atoms with Crippen molar-refractivity contribution in [2.24, 2.45) is 11.8 Å². The fourth-order valence-electron chi connectivity index (χ4n) is 3.41. The summed E-state index contributed by atoms with van der Waals surface area (Å²) >= 11 is 1.65. The number of rotatable bonds is 2. The summed E-state index contributed by atoms with van der Waals surface area (Å²) in [6.45, 7) is 5.21. The molecule has 0 radical (unpaired) electrons. The van der Waals surface area contributed by atoms with Crippen LogP contribution in [0, 0.1) is 11.8 Å². The molecule has 1 aromatic rings. The van der Waals surface area contributed by atoms with E-state index in [9.17, 15) is 4.79 Å². The van der Waals surface area contributed by atoms with E-state index in [4.69, 9.17) is 0 Å². The summed E-state index contributed by atoms with van der Waals surface area (Å²) in [5.74, 6) is 1.47. The van der Waals surface area contributed by atoms with Gasteiger partial charge in [0.2, 0.25) is 0 Å². The van der Waals surface area contributed by atoms with Crippen LogP contribution in [0.3, 0.4) is 0 Å². The molecule has 3 unspecified atom stereocenters. The van der Waals surface area contributed by atoms with Gasteiger partial charge in [-0.25, -0.2) is 0 Å². The van der Waals surface area contributed by atoms with E-state index in [2.05, 4.69) is 17.1 Å². The summed E-state index contributed by atoms with van der Waals surface area (Å²) in [6, 6.07) is 8.28. The first-order valence-electron chi connectivity index (χ1n) is 6.87. The third-order valence-corrected chi connectivity index (χ3v) is 5.33. The lowest BCUT2D eigenvalue weighted by molar-refractivity contribution is 0.0725. The van der Waals surface area contributed by atoms with Gasteiger partial charge in [0, 0.05) is 30.6 Å². The number of fused-ring (bicyclic) bond motifs is 1. The summed E-state index contributed by atoms with van der Waals surface area (Å²) in [5.41, 5.74) is 0.856. The molecular weight excluding hydrogens is 256 g/mol. The van der Waals surface area contributed by atoms with Crippen molar-refractivity contribution >= 4 is 17.7 Å². The molecular formula is C15H20N2OS. The highest BCUT2D eigenvalue weighted by molar-refractivity contribution is 7.98. The molecule has 1 amide bonds. The van der Waals surface area contributed by atoms with Gasteiger partial charge in [0.05, 0.1) is 5.56 Å². The van der Waals surface area contributed by atoms with Crippen LogP contribution in [0.2, 0.25) is 0 Å². The van der Waals surface area contributed by atoms with Crippen LogP contribution in [-0.4, -0.2) is 42.7 Å². The Kier molecular flexibility index (Phi) is 3.54. The first-order chi connectivity index (χ1) is 9.22. The summed E-state index contributed by atoms with van der Waals surface area (Å²) in [7, 11) is 0. The Bertz CT molecular complexity index is 491. The molecule has 3 atom stereocenters. The van der Waals surface area contributed by atoms with Crippen LogP contribution >= 0.6 is 11.8 Å². The largest absolute Gasteiger partial charge is 0.335 e. The van der Waals surface area contributed by atoms with Gasteiger partial charge >= 0.3 is 0 Å². The van der Waals surface area contributed by atoms with Gasteiger partial charge in [0.1, 0.15) is 0 Å². The fraction of sp³-hybridized carbons (Fsp3) is 0.533. The molecule has 4 heteroatoms. The summed E-state index contributed by atoms with van der Waals surface area (Å²) in [6.07, 6.45) is 2.03. The summed E-state index contributed by atoms with van der Waals surface area (Å²) in [5, 5.41) is 3.43. The smallest absolute Gasteiger partial charge is 0.255 e. The molecule has 0 bridgehead atoms. The molecule has 0 spiro atoms. The van der Waals surface area contributed by atoms with E-state index < -0.39 is 0 Å². The van der Waals surface area contributed by atoms with E-state index in [1.54, 1.807) is 11.8 Å². The van der Waals surface area contributed by atoms with Crippen molar-refractivity contribution < 1.29 is 4.79 Å². The highest BCUT2D eigenvalue weighted by Gasteiger charge is 2.43. The molecule has 0 aromatic heterocycles. The van der Waals surface area contributed by atoms with E-state index in [0.29, 0.717) is 17.9 Å². The van der Waals surface area contributed by atoms with E-state index in [0.717, 1.165) is 30.1 Å². The standard InChI is InChI=1S/C15H20N2OS/c1-10-13-8-16-7-11(13)9-17(10)15(18)12-5-3-4-6-14(12)19-2/h3-6,10-11,13,16H,7-9H2,1-2H3. The summed E-state index contributed by atoms with van der Waals surface area (Å²) in [4.78, 5) is 15.9. The number of nitrogens with zero attached hydrogens (tertiary/aromatic N) is 1. The van der Waals surface area contributed by atoms with Gasteiger partial charge in [-0.05, 0) is 37.1 Å². The number of carbonyl (C=O) groups is 1. The second kappa shape index (κ2) is 5.17. The van der Waals surface area contributed by atoms with Crippen molar-refractivity contribution in [2.45, 2.75) is 17.9 Å². The molecule has 2 saturated heterocycles. The van der Waals surface area contributed by atoms with Gasteiger partial charge in [0.15, 0.2) is 0 Å². The van der Waals surface area contributed by atoms with E-state index >= 15 is 0 Å². The number of hydrogen-bond acceptors (Lipinski definition) is 3. The van der Waals surface area contributed by atoms with Crippen LogP contribution in [0.1, 0.15) is 17.3 Å². The number of benzene rings is 1. The van der Waals surface area contributed by atoms with Crippen molar-refractivity contribution in [3.8, 4) is 0 Å². The molecule has 1 N–H and O–H groups in total. The van der Waals surface area contributed by atoms with Crippen LogP contribution in [0.5, 0.6) is 0 Å². The van der Waals surface area contributed by atoms with Crippen LogP contribution in [0.25, 0.3) is 0 Å². The Morgan fingerprint density at radius 2 is 2.16 bits per heavy atom. The second-order valence-corrected chi connectivity index (χ2v) is 6.33. The lowest BCUT2D eigenvalue weighted by atomic mass is 9.95. The lowest BCUT2D eigenvalue weighted by Crippen LogP contribution is -2.38. The third kappa shape index (κ3) is 2.17. The van der Waals surface area contributed by atoms with Crippen molar-refractivity contribution in [2.75, 3.05) is 25.9 Å². The van der Waals surface area contributed by atoms with Crippen molar-refractivity contribution in [3.63, 3.8) is 0 Å². The molecule has 3 rings (SSSR count). The van der Waals surface area contributed by atoms with Crippen molar-refractivity contribution in [3.05, 3.63) is 29.8 Å². The Morgan fingerprint density at radius 1 is 1.37 bits per heavy atom. The zero-order chi connectivity index (χ0) is 13.4. The molecule has 2 aliphatic rings. The van der Waals surface area contributed by atoms with Gasteiger partial charge in [-0.15, -0.1) is 11.8 Å². The highest BCUT2D eigenvalue weighted by Crippen LogP contribution is 2.34. The molecule has 0 saturated carbocycles. The first kappa shape index (κ1) is 13.0. The van der Waals surface area contributed by atoms with Crippen LogP contribution in [0.4, 0.5) is 0 Å². The molecule has 3 nitrogen and oxygen atoms in total. The Labute approximate surface area is 118 Å². The van der Waals surface area contributed by atoms with Gasteiger partial charge in [-0.2, -0.15) is 0 Å². The molecule has 102 valence electrons. The number of hydrogen-bond donors (Lipinski definition) is 1. The van der Waals surface area contributed by atoms with Gasteiger partial charge in [-0.1, -0.05) is 12.1 Å². The van der Waals surface area contributed by atoms with Crippen molar-refractivity contribution in [1.82, 2.24) is 10.2 Å². The van der Waals surface area contributed by atoms with Gasteiger partial charge < -0.3 is 10.2 Å². The quantitative estimate of drug-likeness (QED) is 0.840. The van der Waals surface area contributed by atoms with E-state index in [1.807, 2.05) is 30.5 Å². The number of amides is 1. The van der Waals surface area contributed by atoms with E-state index in [-0.39, 0.29) is 5.91 Å². The zero-order valence-corrected chi connectivity index (χ0v) is 12.2. The van der Waals surface area contributed by atoms with Gasteiger partial charge in [0.25, 0.3) is 5.91 Å². The lowest BCUT2D eigenvalue weighted by Gasteiger charge is -2.25. The summed E-state index contributed by atoms with van der Waals surface area (Å²) < 4.78 is 0. The van der Waals surface area contributed by atoms with Crippen LogP contribution in [-0.2, 0) is 0 Å². The Balaban J connectivity index is 1.85. The maximum atomic E-state index is 12.8. The maximum absolute atomic E-state index is 12.8. The number of thioether (sulfide) groups is 1. The predicted molar refractivity (Wildman–Crippen MR) is 78.6 cm³/mol. The average molecular weight is 276 g/mol. The van der Waals surface area contributed by atoms with Crippen molar-refractivity contribution in [1.29, 1.82) is 0 Å². The predicted octanol–water partition coefficient (Wildman–Crippen LogP) is 2.09. The molecule has 2 aliphatic heterocycles. The Morgan fingerprint density at radius 3 is 2.89 bits per heavy atom. The first-order valence-corrected chi connectivity index (χ1v) is 8.09. The number of carbonyl (C=O) groups excluding carboxylic acids is 1. The van der Waals surface area contributed by atoms with Gasteiger partial charge in [-0.3, -0.25) is 4.79 Å². The molecule has 19 heavy (non-hydrogen) atoms. The van der Waals surface area contributed by atoms with E-state index in [1.165, 1.54) is 0 Å². The highest BCUT2D eigenvalue weighted by atomic mass is 32.2. The SMILES string of the molecule is CSc1ccccc1C(=O)N1CC2CNCC2C1C. The minimum absolute atomic E-state index is 0.201. The molecule has 1 aromatic carbocycles. The molecule has 2 heterocycles. The third-order valence-electron chi connectivity index (χ3n) is 4.53. The molecule has 0 aliphatic carbocycles. The number of nitrogens with one attached hydrogen (secondary N) is 1. The minimum atomic E-state index is 0.201. The Hall–Kier alpha value is -1.00. The van der Waals surface area contributed by atoms with Crippen LogP contribution in [0.15, 0.2) is 29.2 Å². The van der Waals surface area contributed by atoms with Crippen LogP contribution < -0.4 is 5.32 Å². The minimum Gasteiger partial charge on any atom is -0.335 e. The fourth-order valence-corrected chi connectivity index (χ4v) is 4.00. The molecule has 2 fully saturated rings. The average Bonchev–Trinajstić information content (AvgIpc) is 3.01. The number of likely N-dealkylation sites (tertiary alicyclic amines) is 1. The topological polar surface area (TPSA) is 32.3 Å². The second-order valence-electron chi connectivity index (χ2n) is 5.48. The monoisotopic (exact) mass is 276 g/mol.